The molecule has 0 amide bonds. The summed E-state index contributed by atoms with van der Waals surface area (Å²) in [5, 5.41) is 10.2. The van der Waals surface area contributed by atoms with Gasteiger partial charge in [-0.15, -0.1) is 0 Å². The molecule has 66 valence electrons. The Kier molecular flexibility index (Phi) is 3.31. The van der Waals surface area contributed by atoms with Gasteiger partial charge in [-0.3, -0.25) is 4.79 Å². The quantitative estimate of drug-likeness (QED) is 0.654. The van der Waals surface area contributed by atoms with Gasteiger partial charge in [0.2, 0.25) is 0 Å². The minimum absolute atomic E-state index is 1.17. The maximum Gasteiger partial charge on any atom is 0.391 e. The van der Waals surface area contributed by atoms with E-state index in [1.54, 1.807) is 0 Å². The minimum atomic E-state index is -4.44. The molecular formula is C5H8F3NO2. The highest BCUT2D eigenvalue weighted by atomic mass is 19.4. The summed E-state index contributed by atoms with van der Waals surface area (Å²) >= 11 is 0. The van der Waals surface area contributed by atoms with E-state index in [0.717, 1.165) is 0 Å². The van der Waals surface area contributed by atoms with Gasteiger partial charge in [-0.1, -0.05) is 0 Å². The van der Waals surface area contributed by atoms with Crippen molar-refractivity contribution >= 4 is 5.97 Å². The first kappa shape index (κ1) is 10.2. The summed E-state index contributed by atoms with van der Waals surface area (Å²) in [5.74, 6) is -1.50. The number of hydrogen-bond donors (Lipinski definition) is 2. The lowest BCUT2D eigenvalue weighted by Gasteiger charge is -2.12. The van der Waals surface area contributed by atoms with Crippen LogP contribution in [-0.2, 0) is 4.79 Å². The van der Waals surface area contributed by atoms with Crippen molar-refractivity contribution in [1.29, 1.82) is 0 Å². The zero-order valence-corrected chi connectivity index (χ0v) is 5.77. The minimum Gasteiger partial charge on any atom is -0.480 e. The summed E-state index contributed by atoms with van der Waals surface area (Å²) < 4.78 is 34.6. The van der Waals surface area contributed by atoms with Crippen LogP contribution in [0, 0.1) is 0 Å². The molecule has 6 heteroatoms. The second-order valence-corrected chi connectivity index (χ2v) is 2.00. The summed E-state index contributed by atoms with van der Waals surface area (Å²) in [6.07, 6.45) is -5.79. The topological polar surface area (TPSA) is 49.3 Å². The van der Waals surface area contributed by atoms with Crippen molar-refractivity contribution in [2.75, 3.05) is 7.05 Å². The van der Waals surface area contributed by atoms with Crippen LogP contribution in [-0.4, -0.2) is 30.3 Å². The first-order valence-electron chi connectivity index (χ1n) is 2.83. The molecule has 0 aromatic carbocycles. The summed E-state index contributed by atoms with van der Waals surface area (Å²) in [6, 6.07) is -1.55. The predicted molar refractivity (Wildman–Crippen MR) is 31.2 cm³/mol. The summed E-state index contributed by atoms with van der Waals surface area (Å²) in [4.78, 5) is 10.0. The van der Waals surface area contributed by atoms with Gasteiger partial charge < -0.3 is 10.4 Å². The van der Waals surface area contributed by atoms with Gasteiger partial charge in [0, 0.05) is 0 Å². The molecule has 0 aromatic rings. The molecule has 0 spiro atoms. The highest BCUT2D eigenvalue weighted by Crippen LogP contribution is 2.21. The van der Waals surface area contributed by atoms with E-state index in [1.807, 2.05) is 5.32 Å². The van der Waals surface area contributed by atoms with Gasteiger partial charge in [0.25, 0.3) is 0 Å². The van der Waals surface area contributed by atoms with Crippen molar-refractivity contribution in [3.8, 4) is 0 Å². The van der Waals surface area contributed by atoms with Gasteiger partial charge in [0.1, 0.15) is 6.04 Å². The van der Waals surface area contributed by atoms with Crippen LogP contribution in [0.4, 0.5) is 13.2 Å². The van der Waals surface area contributed by atoms with Crippen molar-refractivity contribution in [3.05, 3.63) is 0 Å². The number of alkyl halides is 3. The zero-order valence-electron chi connectivity index (χ0n) is 5.77. The van der Waals surface area contributed by atoms with Crippen LogP contribution in [0.2, 0.25) is 0 Å². The van der Waals surface area contributed by atoms with E-state index >= 15 is 0 Å². The molecule has 0 aliphatic heterocycles. The van der Waals surface area contributed by atoms with Crippen LogP contribution in [0.3, 0.4) is 0 Å². The van der Waals surface area contributed by atoms with Crippen LogP contribution >= 0.6 is 0 Å². The Hall–Kier alpha value is -0.780. The molecule has 0 saturated carbocycles. The van der Waals surface area contributed by atoms with Crippen molar-refractivity contribution in [2.45, 2.75) is 18.6 Å². The first-order chi connectivity index (χ1) is 4.87. The molecule has 0 aliphatic carbocycles. The Morgan fingerprint density at radius 1 is 1.64 bits per heavy atom. The molecule has 0 aliphatic rings. The van der Waals surface area contributed by atoms with Crippen molar-refractivity contribution < 1.29 is 23.1 Å². The lowest BCUT2D eigenvalue weighted by atomic mass is 10.2. The maximum absolute atomic E-state index is 11.5. The molecule has 0 radical (unpaired) electrons. The van der Waals surface area contributed by atoms with E-state index < -0.39 is 24.6 Å². The van der Waals surface area contributed by atoms with Crippen molar-refractivity contribution in [3.63, 3.8) is 0 Å². The number of hydrogen-bond acceptors (Lipinski definition) is 2. The number of carbonyl (C=O) groups is 1. The molecule has 0 rings (SSSR count). The molecule has 2 N–H and O–H groups in total. The van der Waals surface area contributed by atoms with Crippen LogP contribution in [0.15, 0.2) is 0 Å². The number of aliphatic carboxylic acids is 1. The number of likely N-dealkylation sites (N-methyl/N-ethyl adjacent to an activating group) is 1. The van der Waals surface area contributed by atoms with Crippen LogP contribution in [0.25, 0.3) is 0 Å². The molecule has 11 heavy (non-hydrogen) atoms. The van der Waals surface area contributed by atoms with Gasteiger partial charge in [0.15, 0.2) is 0 Å². The summed E-state index contributed by atoms with van der Waals surface area (Å²) in [7, 11) is 1.17. The van der Waals surface area contributed by atoms with Crippen LogP contribution < -0.4 is 5.32 Å². The third-order valence-corrected chi connectivity index (χ3v) is 1.08. The van der Waals surface area contributed by atoms with E-state index in [4.69, 9.17) is 5.11 Å². The average Bonchev–Trinajstić information content (AvgIpc) is 1.80. The van der Waals surface area contributed by atoms with Gasteiger partial charge in [-0.25, -0.2) is 0 Å². The Bertz CT molecular complexity index is 145. The normalized spacial score (nSPS) is 14.5. The van der Waals surface area contributed by atoms with Gasteiger partial charge in [-0.2, -0.15) is 13.2 Å². The van der Waals surface area contributed by atoms with Crippen LogP contribution in [0.1, 0.15) is 6.42 Å². The molecule has 0 saturated heterocycles. The van der Waals surface area contributed by atoms with Gasteiger partial charge >= 0.3 is 12.1 Å². The molecule has 0 aromatic heterocycles. The largest absolute Gasteiger partial charge is 0.480 e. The summed E-state index contributed by atoms with van der Waals surface area (Å²) in [5.41, 5.74) is 0. The molecular weight excluding hydrogens is 163 g/mol. The second-order valence-electron chi connectivity index (χ2n) is 2.00. The molecule has 0 bridgehead atoms. The fourth-order valence-corrected chi connectivity index (χ4v) is 0.544. The zero-order chi connectivity index (χ0) is 9.07. The van der Waals surface area contributed by atoms with E-state index in [0.29, 0.717) is 0 Å². The predicted octanol–water partition coefficient (Wildman–Crippen LogP) is 0.611. The fourth-order valence-electron chi connectivity index (χ4n) is 0.544. The second kappa shape index (κ2) is 3.56. The standard InChI is InChI=1S/C5H8F3NO2/c1-9-3(4(10)11)2-5(6,7)8/h3,9H,2H2,1H3,(H,10,11). The monoisotopic (exact) mass is 171 g/mol. The maximum atomic E-state index is 11.5. The van der Waals surface area contributed by atoms with E-state index in [1.165, 1.54) is 7.05 Å². The first-order valence-corrected chi connectivity index (χ1v) is 2.83. The van der Waals surface area contributed by atoms with E-state index in [-0.39, 0.29) is 0 Å². The third kappa shape index (κ3) is 4.60. The molecule has 0 heterocycles. The fraction of sp³-hybridized carbons (Fsp3) is 0.800. The SMILES string of the molecule is CNC(CC(F)(F)F)C(=O)O. The molecule has 3 nitrogen and oxygen atoms in total. The van der Waals surface area contributed by atoms with Crippen molar-refractivity contribution in [2.24, 2.45) is 0 Å². The molecule has 1 atom stereocenters. The Morgan fingerprint density at radius 3 is 2.18 bits per heavy atom. The Labute approximate surface area is 61.2 Å². The van der Waals surface area contributed by atoms with E-state index in [2.05, 4.69) is 0 Å². The van der Waals surface area contributed by atoms with Crippen LogP contribution in [0.5, 0.6) is 0 Å². The number of nitrogens with one attached hydrogen (secondary N) is 1. The number of carboxylic acid groups (broad SMARTS) is 1. The summed E-state index contributed by atoms with van der Waals surface area (Å²) in [6.45, 7) is 0. The highest BCUT2D eigenvalue weighted by Gasteiger charge is 2.34. The highest BCUT2D eigenvalue weighted by molar-refractivity contribution is 5.73. The lowest BCUT2D eigenvalue weighted by molar-refractivity contribution is -0.158. The number of rotatable bonds is 3. The van der Waals surface area contributed by atoms with E-state index in [9.17, 15) is 18.0 Å². The number of carboxylic acids is 1. The molecule has 1 unspecified atom stereocenters. The van der Waals surface area contributed by atoms with Gasteiger partial charge in [-0.05, 0) is 7.05 Å². The molecule has 0 fully saturated rings. The third-order valence-electron chi connectivity index (χ3n) is 1.08. The Balaban J connectivity index is 3.99. The number of halogens is 3. The van der Waals surface area contributed by atoms with Gasteiger partial charge in [0.05, 0.1) is 6.42 Å². The van der Waals surface area contributed by atoms with Crippen molar-refractivity contribution in [1.82, 2.24) is 5.32 Å². The smallest absolute Gasteiger partial charge is 0.391 e. The Morgan fingerprint density at radius 2 is 2.09 bits per heavy atom. The lowest BCUT2D eigenvalue weighted by Crippen LogP contribution is -2.37. The average molecular weight is 171 g/mol.